The van der Waals surface area contributed by atoms with E-state index in [1.807, 2.05) is 11.5 Å². The second kappa shape index (κ2) is 5.03. The van der Waals surface area contributed by atoms with E-state index in [0.29, 0.717) is 11.1 Å². The summed E-state index contributed by atoms with van der Waals surface area (Å²) in [5, 5.41) is 20.5. The van der Waals surface area contributed by atoms with Crippen molar-refractivity contribution in [2.75, 3.05) is 0 Å². The van der Waals surface area contributed by atoms with Crippen LogP contribution in [-0.2, 0) is 11.3 Å². The molecule has 18 heavy (non-hydrogen) atoms. The van der Waals surface area contributed by atoms with Crippen molar-refractivity contribution in [2.24, 2.45) is 5.84 Å². The minimum absolute atomic E-state index is 0.127. The van der Waals surface area contributed by atoms with Crippen LogP contribution in [0.1, 0.15) is 5.56 Å². The summed E-state index contributed by atoms with van der Waals surface area (Å²) < 4.78 is 0. The highest BCUT2D eigenvalue weighted by Crippen LogP contribution is 2.17. The summed E-state index contributed by atoms with van der Waals surface area (Å²) in [4.78, 5) is 12.1. The molecule has 2 rings (SSSR count). The Balaban J connectivity index is 2.30. The largest absolute Gasteiger partial charge is 0.293 e. The predicted molar refractivity (Wildman–Crippen MR) is 60.3 cm³/mol. The van der Waals surface area contributed by atoms with Crippen LogP contribution in [0.15, 0.2) is 24.3 Å². The van der Waals surface area contributed by atoms with Gasteiger partial charge in [-0.1, -0.05) is 12.1 Å². The van der Waals surface area contributed by atoms with E-state index in [4.69, 9.17) is 11.1 Å². The fourth-order valence-corrected chi connectivity index (χ4v) is 1.37. The van der Waals surface area contributed by atoms with E-state index in [-0.39, 0.29) is 12.4 Å². The number of amides is 1. The van der Waals surface area contributed by atoms with Crippen LogP contribution in [0.5, 0.6) is 0 Å². The maximum Gasteiger partial charge on any atom is 0.257 e. The van der Waals surface area contributed by atoms with E-state index in [1.54, 1.807) is 24.3 Å². The molecule has 0 fully saturated rings. The lowest BCUT2D eigenvalue weighted by molar-refractivity contribution is -0.122. The quantitative estimate of drug-likeness (QED) is 0.413. The van der Waals surface area contributed by atoms with Crippen molar-refractivity contribution < 1.29 is 4.79 Å². The number of rotatable bonds is 3. The Morgan fingerprint density at radius 1 is 1.50 bits per heavy atom. The van der Waals surface area contributed by atoms with Crippen molar-refractivity contribution in [3.05, 3.63) is 29.8 Å². The van der Waals surface area contributed by atoms with Crippen LogP contribution in [-0.4, -0.2) is 26.1 Å². The van der Waals surface area contributed by atoms with Gasteiger partial charge in [0.15, 0.2) is 0 Å². The van der Waals surface area contributed by atoms with Crippen molar-refractivity contribution in [3.63, 3.8) is 0 Å². The van der Waals surface area contributed by atoms with Crippen LogP contribution in [0.4, 0.5) is 0 Å². The van der Waals surface area contributed by atoms with Gasteiger partial charge in [-0.2, -0.15) is 10.1 Å². The molecular weight excluding hydrogens is 234 g/mol. The summed E-state index contributed by atoms with van der Waals surface area (Å²) in [7, 11) is 0. The van der Waals surface area contributed by atoms with E-state index in [9.17, 15) is 4.79 Å². The number of benzene rings is 1. The van der Waals surface area contributed by atoms with Crippen LogP contribution in [0, 0.1) is 11.3 Å². The fraction of sp³-hybridized carbons (Fsp3) is 0.100. The lowest BCUT2D eigenvalue weighted by atomic mass is 10.1. The van der Waals surface area contributed by atoms with Gasteiger partial charge < -0.3 is 0 Å². The van der Waals surface area contributed by atoms with Crippen molar-refractivity contribution in [2.45, 2.75) is 6.54 Å². The van der Waals surface area contributed by atoms with Gasteiger partial charge in [0.25, 0.3) is 5.91 Å². The van der Waals surface area contributed by atoms with Crippen LogP contribution >= 0.6 is 0 Å². The third-order valence-corrected chi connectivity index (χ3v) is 2.19. The Morgan fingerprint density at radius 2 is 2.28 bits per heavy atom. The first-order valence-corrected chi connectivity index (χ1v) is 5.01. The number of hydrogen-bond donors (Lipinski definition) is 2. The number of carbonyl (C=O) groups excluding carboxylic acids is 1. The summed E-state index contributed by atoms with van der Waals surface area (Å²) in [6.45, 7) is -0.127. The van der Waals surface area contributed by atoms with E-state index in [1.165, 1.54) is 0 Å². The number of nitrogens with two attached hydrogens (primary N) is 1. The first-order valence-electron chi connectivity index (χ1n) is 5.01. The van der Waals surface area contributed by atoms with Gasteiger partial charge in [0, 0.05) is 5.56 Å². The minimum Gasteiger partial charge on any atom is -0.293 e. The number of hydrazine groups is 1. The van der Waals surface area contributed by atoms with Gasteiger partial charge in [-0.05, 0) is 17.3 Å². The van der Waals surface area contributed by atoms with E-state index >= 15 is 0 Å². The first-order chi connectivity index (χ1) is 8.74. The molecule has 0 aliphatic rings. The number of tetrazole rings is 1. The molecule has 90 valence electrons. The smallest absolute Gasteiger partial charge is 0.257 e. The standard InChI is InChI=1S/C10H9N7O/c11-5-7-3-1-2-4-8(7)10-14-16-17(15-10)6-9(18)13-12/h1-4H,6,12H2,(H,13,18). The predicted octanol–water partition coefficient (Wildman–Crippen LogP) is -0.798. The lowest BCUT2D eigenvalue weighted by Crippen LogP contribution is -2.33. The molecule has 0 radical (unpaired) electrons. The Kier molecular flexibility index (Phi) is 3.26. The fourth-order valence-electron chi connectivity index (χ4n) is 1.37. The molecule has 1 heterocycles. The van der Waals surface area contributed by atoms with Gasteiger partial charge in [-0.25, -0.2) is 5.84 Å². The maximum absolute atomic E-state index is 11.0. The third-order valence-electron chi connectivity index (χ3n) is 2.19. The average molecular weight is 243 g/mol. The van der Waals surface area contributed by atoms with Gasteiger partial charge in [-0.3, -0.25) is 10.2 Å². The molecule has 0 spiro atoms. The number of hydrogen-bond acceptors (Lipinski definition) is 6. The zero-order valence-electron chi connectivity index (χ0n) is 9.24. The van der Waals surface area contributed by atoms with Gasteiger partial charge in [-0.15, -0.1) is 10.2 Å². The highest BCUT2D eigenvalue weighted by atomic mass is 16.2. The molecule has 8 heteroatoms. The molecular formula is C10H9N7O. The number of carbonyl (C=O) groups is 1. The Hall–Kier alpha value is -2.79. The molecule has 0 aliphatic carbocycles. The summed E-state index contributed by atoms with van der Waals surface area (Å²) >= 11 is 0. The average Bonchev–Trinajstić information content (AvgIpc) is 2.86. The maximum atomic E-state index is 11.0. The van der Waals surface area contributed by atoms with Gasteiger partial charge in [0.2, 0.25) is 5.82 Å². The molecule has 1 amide bonds. The molecule has 0 aliphatic heterocycles. The molecule has 0 atom stereocenters. The Morgan fingerprint density at radius 3 is 3.00 bits per heavy atom. The topological polar surface area (TPSA) is 123 Å². The lowest BCUT2D eigenvalue weighted by Gasteiger charge is -1.97. The molecule has 0 saturated carbocycles. The summed E-state index contributed by atoms with van der Waals surface area (Å²) in [5.74, 6) is 4.80. The van der Waals surface area contributed by atoms with Gasteiger partial charge in [0.1, 0.15) is 6.54 Å². The first kappa shape index (κ1) is 11.7. The molecule has 0 bridgehead atoms. The Labute approximate surface area is 102 Å². The van der Waals surface area contributed by atoms with Gasteiger partial charge >= 0.3 is 0 Å². The van der Waals surface area contributed by atoms with Crippen molar-refractivity contribution in [3.8, 4) is 17.5 Å². The van der Waals surface area contributed by atoms with Gasteiger partial charge in [0.05, 0.1) is 11.6 Å². The van der Waals surface area contributed by atoms with Crippen molar-refractivity contribution >= 4 is 5.91 Å². The molecule has 8 nitrogen and oxygen atoms in total. The van der Waals surface area contributed by atoms with Crippen molar-refractivity contribution in [1.82, 2.24) is 25.6 Å². The van der Waals surface area contributed by atoms with E-state index < -0.39 is 5.91 Å². The second-order valence-electron chi connectivity index (χ2n) is 3.37. The summed E-state index contributed by atoms with van der Waals surface area (Å²) in [5.41, 5.74) is 2.98. The molecule has 1 aromatic carbocycles. The molecule has 2 aromatic rings. The Bertz CT molecular complexity index is 613. The SMILES string of the molecule is N#Cc1ccccc1-c1nnn(CC(=O)NN)n1. The number of nitriles is 1. The minimum atomic E-state index is -0.437. The third kappa shape index (κ3) is 2.31. The second-order valence-corrected chi connectivity index (χ2v) is 3.37. The summed E-state index contributed by atoms with van der Waals surface area (Å²) in [6, 6.07) is 8.92. The zero-order valence-corrected chi connectivity index (χ0v) is 9.24. The summed E-state index contributed by atoms with van der Waals surface area (Å²) in [6.07, 6.45) is 0. The molecule has 0 unspecified atom stereocenters. The molecule has 1 aromatic heterocycles. The monoisotopic (exact) mass is 243 g/mol. The molecule has 0 saturated heterocycles. The van der Waals surface area contributed by atoms with E-state index in [0.717, 1.165) is 4.80 Å². The van der Waals surface area contributed by atoms with Crippen LogP contribution in [0.3, 0.4) is 0 Å². The normalized spacial score (nSPS) is 9.78. The number of aromatic nitrogens is 4. The molecule has 3 N–H and O–H groups in total. The van der Waals surface area contributed by atoms with Crippen molar-refractivity contribution in [1.29, 1.82) is 5.26 Å². The van der Waals surface area contributed by atoms with Crippen LogP contribution in [0.2, 0.25) is 0 Å². The number of nitrogens with one attached hydrogen (secondary N) is 1. The highest BCUT2D eigenvalue weighted by molar-refractivity contribution is 5.74. The number of nitrogens with zero attached hydrogens (tertiary/aromatic N) is 5. The highest BCUT2D eigenvalue weighted by Gasteiger charge is 2.11. The van der Waals surface area contributed by atoms with Crippen LogP contribution < -0.4 is 11.3 Å². The van der Waals surface area contributed by atoms with Crippen LogP contribution in [0.25, 0.3) is 11.4 Å². The van der Waals surface area contributed by atoms with E-state index in [2.05, 4.69) is 15.4 Å². The zero-order chi connectivity index (χ0) is 13.0.